The van der Waals surface area contributed by atoms with Gasteiger partial charge in [0.15, 0.2) is 5.13 Å². The number of thiazole rings is 1. The summed E-state index contributed by atoms with van der Waals surface area (Å²) in [5, 5.41) is 11.6. The van der Waals surface area contributed by atoms with Crippen LogP contribution in [0, 0.1) is 6.92 Å². The number of anilines is 2. The van der Waals surface area contributed by atoms with E-state index in [0.717, 1.165) is 10.8 Å². The van der Waals surface area contributed by atoms with Crippen LogP contribution in [-0.2, 0) is 0 Å². The summed E-state index contributed by atoms with van der Waals surface area (Å²) in [4.78, 5) is 6.00. The van der Waals surface area contributed by atoms with Gasteiger partial charge in [0.05, 0.1) is 5.38 Å². The van der Waals surface area contributed by atoms with Crippen LogP contribution in [-0.4, -0.2) is 17.1 Å². The topological polar surface area (TPSA) is 36.4 Å². The molecule has 78 valence electrons. The molecule has 0 saturated carbocycles. The second kappa shape index (κ2) is 3.90. The Hall–Kier alpha value is -1.55. The monoisotopic (exact) mass is 220 g/mol. The quantitative estimate of drug-likeness (QED) is 0.845. The highest BCUT2D eigenvalue weighted by atomic mass is 32.1. The zero-order chi connectivity index (χ0) is 10.8. The largest absolute Gasteiger partial charge is 0.493 e. The average molecular weight is 220 g/mol. The van der Waals surface area contributed by atoms with E-state index in [1.807, 2.05) is 30.1 Å². The van der Waals surface area contributed by atoms with E-state index in [-0.39, 0.29) is 5.88 Å². The van der Waals surface area contributed by atoms with Crippen molar-refractivity contribution in [2.75, 3.05) is 11.9 Å². The van der Waals surface area contributed by atoms with E-state index in [4.69, 9.17) is 0 Å². The van der Waals surface area contributed by atoms with Crippen LogP contribution < -0.4 is 4.90 Å². The van der Waals surface area contributed by atoms with Gasteiger partial charge in [0.25, 0.3) is 0 Å². The van der Waals surface area contributed by atoms with Gasteiger partial charge >= 0.3 is 0 Å². The molecule has 0 amide bonds. The fourth-order valence-corrected chi connectivity index (χ4v) is 2.12. The van der Waals surface area contributed by atoms with E-state index in [2.05, 4.69) is 18.0 Å². The average Bonchev–Trinajstić information content (AvgIpc) is 2.65. The third-order valence-corrected chi connectivity index (χ3v) is 3.15. The number of para-hydroxylation sites is 1. The Morgan fingerprint density at radius 2 is 2.07 bits per heavy atom. The molecule has 0 bridgehead atoms. The summed E-state index contributed by atoms with van der Waals surface area (Å²) in [5.74, 6) is 0.0791. The normalized spacial score (nSPS) is 10.3. The highest BCUT2D eigenvalue weighted by Gasteiger charge is 2.09. The summed E-state index contributed by atoms with van der Waals surface area (Å²) in [7, 11) is 1.95. The standard InChI is InChI=1S/C11H12N2OS/c1-8-5-3-4-6-9(8)13(2)11-12-10(14)7-15-11/h3-7,14H,1-2H3. The predicted octanol–water partition coefficient (Wildman–Crippen LogP) is 2.93. The lowest BCUT2D eigenvalue weighted by molar-refractivity contribution is 0.457. The van der Waals surface area contributed by atoms with Crippen LogP contribution in [0.15, 0.2) is 29.6 Å². The molecule has 2 aromatic rings. The van der Waals surface area contributed by atoms with Gasteiger partial charge in [-0.05, 0) is 18.6 Å². The van der Waals surface area contributed by atoms with Crippen LogP contribution in [0.3, 0.4) is 0 Å². The van der Waals surface area contributed by atoms with Crippen LogP contribution in [0.5, 0.6) is 5.88 Å². The maximum absolute atomic E-state index is 9.19. The van der Waals surface area contributed by atoms with Crippen LogP contribution in [0.2, 0.25) is 0 Å². The van der Waals surface area contributed by atoms with Gasteiger partial charge in [-0.25, -0.2) is 0 Å². The van der Waals surface area contributed by atoms with Crippen molar-refractivity contribution >= 4 is 22.2 Å². The molecule has 1 aromatic carbocycles. The summed E-state index contributed by atoms with van der Waals surface area (Å²) in [6, 6.07) is 8.09. The molecule has 3 nitrogen and oxygen atoms in total. The number of benzene rings is 1. The molecule has 2 rings (SSSR count). The Morgan fingerprint density at radius 1 is 1.33 bits per heavy atom. The fourth-order valence-electron chi connectivity index (χ4n) is 1.45. The zero-order valence-electron chi connectivity index (χ0n) is 8.64. The maximum Gasteiger partial charge on any atom is 0.223 e. The van der Waals surface area contributed by atoms with Crippen molar-refractivity contribution in [1.82, 2.24) is 4.98 Å². The molecular weight excluding hydrogens is 208 g/mol. The Kier molecular flexibility index (Phi) is 2.60. The van der Waals surface area contributed by atoms with Crippen LogP contribution in [0.1, 0.15) is 5.56 Å². The molecule has 15 heavy (non-hydrogen) atoms. The lowest BCUT2D eigenvalue weighted by atomic mass is 10.2. The van der Waals surface area contributed by atoms with Crippen molar-refractivity contribution in [3.63, 3.8) is 0 Å². The minimum atomic E-state index is 0.0791. The molecular formula is C11H12N2OS. The van der Waals surface area contributed by atoms with Crippen molar-refractivity contribution in [3.05, 3.63) is 35.2 Å². The van der Waals surface area contributed by atoms with Gasteiger partial charge in [0.1, 0.15) is 0 Å². The lowest BCUT2D eigenvalue weighted by Crippen LogP contribution is -2.10. The molecule has 0 unspecified atom stereocenters. The molecule has 1 aromatic heterocycles. The van der Waals surface area contributed by atoms with Crippen molar-refractivity contribution in [2.24, 2.45) is 0 Å². The molecule has 1 heterocycles. The molecule has 0 spiro atoms. The second-order valence-electron chi connectivity index (χ2n) is 3.33. The van der Waals surface area contributed by atoms with Crippen molar-refractivity contribution in [2.45, 2.75) is 6.92 Å². The number of hydrogen-bond donors (Lipinski definition) is 1. The number of aromatic nitrogens is 1. The van der Waals surface area contributed by atoms with E-state index >= 15 is 0 Å². The minimum Gasteiger partial charge on any atom is -0.493 e. The van der Waals surface area contributed by atoms with Gasteiger partial charge in [-0.2, -0.15) is 4.98 Å². The molecule has 0 atom stereocenters. The molecule has 0 aliphatic heterocycles. The second-order valence-corrected chi connectivity index (χ2v) is 4.17. The fraction of sp³-hybridized carbons (Fsp3) is 0.182. The SMILES string of the molecule is Cc1ccccc1N(C)c1nc(O)cs1. The van der Waals surface area contributed by atoms with Crippen LogP contribution in [0.4, 0.5) is 10.8 Å². The lowest BCUT2D eigenvalue weighted by Gasteiger charge is -2.17. The van der Waals surface area contributed by atoms with E-state index in [9.17, 15) is 5.11 Å². The predicted molar refractivity (Wildman–Crippen MR) is 63.0 cm³/mol. The Bertz CT molecular complexity index is 467. The molecule has 0 saturated heterocycles. The van der Waals surface area contributed by atoms with Gasteiger partial charge in [-0.15, -0.1) is 11.3 Å². The summed E-state index contributed by atoms with van der Waals surface area (Å²) in [6.07, 6.45) is 0. The first-order valence-electron chi connectivity index (χ1n) is 4.62. The first-order valence-corrected chi connectivity index (χ1v) is 5.50. The van der Waals surface area contributed by atoms with E-state index in [0.29, 0.717) is 0 Å². The van der Waals surface area contributed by atoms with Crippen LogP contribution >= 0.6 is 11.3 Å². The summed E-state index contributed by atoms with van der Waals surface area (Å²) in [6.45, 7) is 2.05. The van der Waals surface area contributed by atoms with Gasteiger partial charge < -0.3 is 10.0 Å². The Balaban J connectivity index is 2.36. The summed E-state index contributed by atoms with van der Waals surface area (Å²) >= 11 is 1.43. The number of aryl methyl sites for hydroxylation is 1. The van der Waals surface area contributed by atoms with Crippen molar-refractivity contribution in [1.29, 1.82) is 0 Å². The number of hydrogen-bond acceptors (Lipinski definition) is 4. The highest BCUT2D eigenvalue weighted by Crippen LogP contribution is 2.30. The number of rotatable bonds is 2. The molecule has 0 aliphatic rings. The first-order chi connectivity index (χ1) is 7.18. The summed E-state index contributed by atoms with van der Waals surface area (Å²) < 4.78 is 0. The van der Waals surface area contributed by atoms with Gasteiger partial charge in [-0.1, -0.05) is 18.2 Å². The van der Waals surface area contributed by atoms with Crippen LogP contribution in [0.25, 0.3) is 0 Å². The van der Waals surface area contributed by atoms with Crippen molar-refractivity contribution in [3.8, 4) is 5.88 Å². The first kappa shape index (κ1) is 9.98. The molecule has 4 heteroatoms. The van der Waals surface area contributed by atoms with Gasteiger partial charge in [0.2, 0.25) is 5.88 Å². The molecule has 0 aliphatic carbocycles. The number of nitrogens with zero attached hydrogens (tertiary/aromatic N) is 2. The molecule has 0 fully saturated rings. The maximum atomic E-state index is 9.19. The van der Waals surface area contributed by atoms with E-state index in [1.165, 1.54) is 16.9 Å². The van der Waals surface area contributed by atoms with Gasteiger partial charge in [0, 0.05) is 12.7 Å². The molecule has 0 radical (unpaired) electrons. The Labute approximate surface area is 92.6 Å². The summed E-state index contributed by atoms with van der Waals surface area (Å²) in [5.41, 5.74) is 2.29. The minimum absolute atomic E-state index is 0.0791. The number of aromatic hydroxyl groups is 1. The third kappa shape index (κ3) is 1.94. The zero-order valence-corrected chi connectivity index (χ0v) is 9.45. The van der Waals surface area contributed by atoms with Crippen molar-refractivity contribution < 1.29 is 5.11 Å². The Morgan fingerprint density at radius 3 is 2.67 bits per heavy atom. The smallest absolute Gasteiger partial charge is 0.223 e. The van der Waals surface area contributed by atoms with E-state index in [1.54, 1.807) is 5.38 Å². The third-order valence-electron chi connectivity index (χ3n) is 2.24. The molecule has 1 N–H and O–H groups in total. The van der Waals surface area contributed by atoms with Gasteiger partial charge in [-0.3, -0.25) is 0 Å². The van der Waals surface area contributed by atoms with E-state index < -0.39 is 0 Å². The highest BCUT2D eigenvalue weighted by molar-refractivity contribution is 7.14.